The summed E-state index contributed by atoms with van der Waals surface area (Å²) in [6.07, 6.45) is 32.6. The Hall–Kier alpha value is 1.27. The van der Waals surface area contributed by atoms with Crippen LogP contribution in [0.25, 0.3) is 0 Å². The third-order valence-electron chi connectivity index (χ3n) is 11.0. The summed E-state index contributed by atoms with van der Waals surface area (Å²) >= 11 is 0. The van der Waals surface area contributed by atoms with Crippen molar-refractivity contribution < 1.29 is 53.8 Å². The Kier molecular flexibility index (Phi) is 26.0. The van der Waals surface area contributed by atoms with Crippen molar-refractivity contribution >= 4 is 23.1 Å². The Bertz CT molecular complexity index is 730. The largest absolute Gasteiger partial charge is 0.673 e. The molecule has 0 aromatic heterocycles. The Morgan fingerprint density at radius 1 is 0.447 bits per heavy atom. The number of allylic oxidation sites excluding steroid dienone is 4. The summed E-state index contributed by atoms with van der Waals surface area (Å²) in [7, 11) is -5.30. The van der Waals surface area contributed by atoms with Crippen LogP contribution in [-0.4, -0.2) is 41.2 Å². The first kappa shape index (κ1) is 48.3. The van der Waals surface area contributed by atoms with E-state index >= 15 is 0 Å². The first-order valence-corrected chi connectivity index (χ1v) is 22.0. The van der Waals surface area contributed by atoms with Crippen LogP contribution >= 0.6 is 15.8 Å². The molecule has 0 aromatic carbocycles. The summed E-state index contributed by atoms with van der Waals surface area (Å²) in [5.41, 5.74) is 6.71. The molecule has 47 heavy (non-hydrogen) atoms. The van der Waals surface area contributed by atoms with E-state index in [1.807, 2.05) is 0 Å². The molecule has 0 N–H and O–H groups in total. The first-order valence-electron chi connectivity index (χ1n) is 18.9. The van der Waals surface area contributed by atoms with Crippen molar-refractivity contribution in [2.75, 3.05) is 0 Å². The van der Waals surface area contributed by atoms with E-state index in [1.54, 1.807) is 51.4 Å². The van der Waals surface area contributed by atoms with Crippen molar-refractivity contribution in [1.82, 2.24) is 0 Å². The van der Waals surface area contributed by atoms with Gasteiger partial charge in [-0.3, -0.25) is 0 Å². The van der Waals surface area contributed by atoms with Gasteiger partial charge in [-0.15, -0.1) is 0 Å². The first-order chi connectivity index (χ1) is 21.2. The smallest absolute Gasteiger partial charge is 0.418 e. The van der Waals surface area contributed by atoms with Crippen LogP contribution in [0.2, 0.25) is 0 Å². The van der Waals surface area contributed by atoms with Crippen LogP contribution in [0.5, 0.6) is 0 Å². The molecule has 5 aliphatic rings. The third kappa shape index (κ3) is 18.0. The van der Waals surface area contributed by atoms with Crippen molar-refractivity contribution in [2.45, 2.75) is 192 Å². The van der Waals surface area contributed by atoms with E-state index in [0.717, 1.165) is 57.6 Å². The Morgan fingerprint density at radius 3 is 0.809 bits per heavy atom. The zero-order valence-corrected chi connectivity index (χ0v) is 35.6. The van der Waals surface area contributed by atoms with Crippen LogP contribution in [0, 0.1) is 23.7 Å². The standard InChI is InChI=1S/2C15H29P.C8H12.BF4.Fe.Rh/c2*1-11(2)14-9-10-15(12(3)4)16(14)13-7-5-6-8-13;1-2-4-6-8-7-5-3-1;2-1(3,4)5;;/h2*11-15H,5-10H2,1-4H3;1-2,7-8H,3-6H2;;;/q;;;-1;;/b;;2-1-,8-7-;;;/t2*14-,15-;;;;/m11..../s1. The monoisotopic (exact) mass is 834 g/mol. The second-order valence-corrected chi connectivity index (χ2v) is 21.7. The number of hydrogen-bond acceptors (Lipinski definition) is 0. The molecule has 2 saturated carbocycles. The number of hydrogen-bond donors (Lipinski definition) is 0. The maximum atomic E-state index is 9.75. The van der Waals surface area contributed by atoms with Crippen LogP contribution in [0.15, 0.2) is 24.3 Å². The minimum Gasteiger partial charge on any atom is -0.418 e. The summed E-state index contributed by atoms with van der Waals surface area (Å²) in [4.78, 5) is 0. The molecule has 281 valence electrons. The van der Waals surface area contributed by atoms with Crippen molar-refractivity contribution in [2.24, 2.45) is 23.7 Å². The predicted molar refractivity (Wildman–Crippen MR) is 198 cm³/mol. The molecule has 4 fully saturated rings. The number of halogens is 4. The van der Waals surface area contributed by atoms with Crippen molar-refractivity contribution in [3.63, 3.8) is 0 Å². The van der Waals surface area contributed by atoms with Gasteiger partial charge in [0.2, 0.25) is 0 Å². The van der Waals surface area contributed by atoms with Crippen LogP contribution in [0.3, 0.4) is 0 Å². The third-order valence-corrected chi connectivity index (χ3v) is 20.2. The van der Waals surface area contributed by atoms with Crippen molar-refractivity contribution in [3.8, 4) is 0 Å². The summed E-state index contributed by atoms with van der Waals surface area (Å²) in [5, 5.41) is 0. The van der Waals surface area contributed by atoms with Gasteiger partial charge < -0.3 is 17.3 Å². The van der Waals surface area contributed by atoms with Gasteiger partial charge >= 0.3 is 7.25 Å². The quantitative estimate of drug-likeness (QED) is 0.108. The van der Waals surface area contributed by atoms with Gasteiger partial charge in [0.05, 0.1) is 0 Å². The molecule has 4 atom stereocenters. The second kappa shape index (κ2) is 25.3. The van der Waals surface area contributed by atoms with E-state index in [9.17, 15) is 17.3 Å². The van der Waals surface area contributed by atoms with Crippen molar-refractivity contribution in [1.29, 1.82) is 0 Å². The van der Waals surface area contributed by atoms with E-state index in [-0.39, 0.29) is 36.5 Å². The van der Waals surface area contributed by atoms with Crippen molar-refractivity contribution in [3.05, 3.63) is 24.3 Å². The summed E-state index contributed by atoms with van der Waals surface area (Å²) in [6, 6.07) is 0. The van der Waals surface area contributed by atoms with Gasteiger partial charge in [0.15, 0.2) is 0 Å². The minimum absolute atomic E-state index is 0. The molecule has 0 unspecified atom stereocenters. The predicted octanol–water partition coefficient (Wildman–Crippen LogP) is 14.5. The molecule has 0 spiro atoms. The Labute approximate surface area is 315 Å². The second-order valence-electron chi connectivity index (χ2n) is 15.8. The average molecular weight is 834 g/mol. The molecule has 0 aromatic rings. The summed E-state index contributed by atoms with van der Waals surface area (Å²) in [5.74, 6) is 3.76. The van der Waals surface area contributed by atoms with Crippen LogP contribution in [0.4, 0.5) is 17.3 Å². The Balaban J connectivity index is 0.000000643. The van der Waals surface area contributed by atoms with E-state index in [4.69, 9.17) is 0 Å². The van der Waals surface area contributed by atoms with Gasteiger partial charge in [0.1, 0.15) is 0 Å². The topological polar surface area (TPSA) is 0 Å². The molecule has 2 saturated heterocycles. The van der Waals surface area contributed by atoms with Gasteiger partial charge in [-0.25, -0.2) is 0 Å². The average Bonchev–Trinajstić information content (AvgIpc) is 3.73. The molecule has 0 amide bonds. The van der Waals surface area contributed by atoms with E-state index in [1.165, 1.54) is 51.4 Å². The molecule has 0 bridgehead atoms. The van der Waals surface area contributed by atoms with E-state index in [2.05, 4.69) is 79.7 Å². The van der Waals surface area contributed by atoms with Gasteiger partial charge in [-0.2, -0.15) is 0 Å². The van der Waals surface area contributed by atoms with Crippen LogP contribution < -0.4 is 0 Å². The molecule has 2 aliphatic heterocycles. The van der Waals surface area contributed by atoms with Gasteiger partial charge in [0, 0.05) is 36.5 Å². The maximum absolute atomic E-state index is 9.75. The summed E-state index contributed by atoms with van der Waals surface area (Å²) < 4.78 is 39.0. The molecule has 5 rings (SSSR count). The fraction of sp³-hybridized carbons (Fsp3) is 0.895. The van der Waals surface area contributed by atoms with Gasteiger partial charge in [0.25, 0.3) is 0 Å². The molecular formula is C38H70BF4FeP2Rh-. The van der Waals surface area contributed by atoms with Crippen LogP contribution in [-0.2, 0) is 36.5 Å². The Morgan fingerprint density at radius 2 is 0.638 bits per heavy atom. The maximum Gasteiger partial charge on any atom is 0.673 e. The molecular weight excluding hydrogens is 764 g/mol. The fourth-order valence-corrected chi connectivity index (χ4v) is 18.4. The van der Waals surface area contributed by atoms with E-state index in [0.29, 0.717) is 15.8 Å². The van der Waals surface area contributed by atoms with Crippen LogP contribution in [0.1, 0.15) is 158 Å². The fourth-order valence-electron chi connectivity index (χ4n) is 8.83. The normalized spacial score (nSPS) is 28.8. The van der Waals surface area contributed by atoms with E-state index < -0.39 is 7.25 Å². The van der Waals surface area contributed by atoms with Gasteiger partial charge in [-0.1, -0.05) is 121 Å². The molecule has 9 heteroatoms. The zero-order chi connectivity index (χ0) is 33.6. The zero-order valence-electron chi connectivity index (χ0n) is 31.1. The minimum atomic E-state index is -6.00. The van der Waals surface area contributed by atoms with Gasteiger partial charge in [-0.05, 0) is 135 Å². The molecule has 3 aliphatic carbocycles. The SMILES string of the molecule is C1=C\CC/C=C\CC/1.CC(C)[C@H]1CC[C@H](C(C)C)P1C1CCCC1.CC(C)[C@H]1CC[C@H](C(C)C)P1C1CCCC1.F[B-](F)(F)F.[Fe].[Rh]. The molecule has 2 heterocycles. The molecule has 1 radical (unpaired) electrons. The molecule has 0 nitrogen and oxygen atoms in total. The number of rotatable bonds is 6. The summed E-state index contributed by atoms with van der Waals surface area (Å²) in [6.45, 7) is 19.8.